The van der Waals surface area contributed by atoms with Gasteiger partial charge in [-0.15, -0.1) is 0 Å². The Morgan fingerprint density at radius 3 is 1.36 bits per heavy atom. The van der Waals surface area contributed by atoms with E-state index in [1.165, 1.54) is 38.5 Å². The summed E-state index contributed by atoms with van der Waals surface area (Å²) >= 11 is 2.61. The first-order valence-electron chi connectivity index (χ1n) is 6.60. The van der Waals surface area contributed by atoms with Crippen molar-refractivity contribution in [3.05, 3.63) is 0 Å². The maximum atomic E-state index is 2.61. The molecule has 0 amide bonds. The van der Waals surface area contributed by atoms with Crippen molar-refractivity contribution in [2.24, 2.45) is 0 Å². The van der Waals surface area contributed by atoms with Crippen molar-refractivity contribution in [2.75, 3.05) is 0 Å². The molecule has 0 unspecified atom stereocenters. The van der Waals surface area contributed by atoms with Crippen LogP contribution in [-0.4, -0.2) is 28.6 Å². The molecule has 0 aromatic rings. The SMILES string of the molecule is [Li][P](C1CCCCC1)C1CCCCC1. The van der Waals surface area contributed by atoms with Crippen LogP contribution in [0.1, 0.15) is 64.2 Å². The zero-order chi connectivity index (χ0) is 9.80. The zero-order valence-electron chi connectivity index (χ0n) is 9.67. The van der Waals surface area contributed by atoms with Crippen LogP contribution in [0.4, 0.5) is 0 Å². The second kappa shape index (κ2) is 5.94. The molecule has 0 heterocycles. The summed E-state index contributed by atoms with van der Waals surface area (Å²) in [5.74, 6) is 0. The van der Waals surface area contributed by atoms with Crippen molar-refractivity contribution < 1.29 is 0 Å². The van der Waals surface area contributed by atoms with Crippen LogP contribution in [0.3, 0.4) is 0 Å². The topological polar surface area (TPSA) is 0 Å². The molecule has 0 aliphatic heterocycles. The van der Waals surface area contributed by atoms with E-state index in [2.05, 4.69) is 17.2 Å². The third kappa shape index (κ3) is 3.01. The van der Waals surface area contributed by atoms with Gasteiger partial charge in [0.15, 0.2) is 0 Å². The van der Waals surface area contributed by atoms with E-state index >= 15 is 0 Å². The Hall–Kier alpha value is 1.03. The van der Waals surface area contributed by atoms with Gasteiger partial charge in [0.05, 0.1) is 0 Å². The minimum absolute atomic E-state index is 0.383. The average molecular weight is 204 g/mol. The van der Waals surface area contributed by atoms with Crippen molar-refractivity contribution in [3.8, 4) is 0 Å². The number of hydrogen-bond acceptors (Lipinski definition) is 0. The Bertz CT molecular complexity index is 142. The van der Waals surface area contributed by atoms with Crippen molar-refractivity contribution in [2.45, 2.75) is 75.5 Å². The predicted octanol–water partition coefficient (Wildman–Crippen LogP) is 4.22. The van der Waals surface area contributed by atoms with Crippen LogP contribution in [0.2, 0.25) is 0 Å². The summed E-state index contributed by atoms with van der Waals surface area (Å²) in [6.07, 6.45) is 15.8. The summed E-state index contributed by atoms with van der Waals surface area (Å²) in [6, 6.07) is 0. The third-order valence-electron chi connectivity index (χ3n) is 4.30. The molecule has 0 saturated heterocycles. The van der Waals surface area contributed by atoms with Gasteiger partial charge in [-0.3, -0.25) is 0 Å². The van der Waals surface area contributed by atoms with Crippen LogP contribution in [0.25, 0.3) is 0 Å². The van der Waals surface area contributed by atoms with Crippen molar-refractivity contribution in [1.29, 1.82) is 0 Å². The summed E-state index contributed by atoms with van der Waals surface area (Å²) in [6.45, 7) is 0. The predicted molar refractivity (Wildman–Crippen MR) is 66.4 cm³/mol. The Balaban J connectivity index is 1.82. The quantitative estimate of drug-likeness (QED) is 0.466. The molecule has 0 N–H and O–H groups in total. The van der Waals surface area contributed by atoms with Crippen LogP contribution in [0, 0.1) is 0 Å². The van der Waals surface area contributed by atoms with E-state index in [1.54, 1.807) is 25.7 Å². The second-order valence-corrected chi connectivity index (χ2v) is 8.04. The minimum atomic E-state index is 0.383. The van der Waals surface area contributed by atoms with E-state index in [-0.39, 0.29) is 0 Å². The van der Waals surface area contributed by atoms with Crippen molar-refractivity contribution in [1.82, 2.24) is 0 Å². The third-order valence-corrected chi connectivity index (χ3v) is 7.64. The first-order valence-corrected chi connectivity index (χ1v) is 8.52. The standard InChI is InChI=1S/C12H22P.Li/c1-3-7-11(8-4-1)13-12-9-5-2-6-10-12;/h11-12H,1-10H2;/q-1;+1. The van der Waals surface area contributed by atoms with Gasteiger partial charge in [0.1, 0.15) is 0 Å². The molecule has 0 nitrogen and oxygen atoms in total. The molecule has 76 valence electrons. The van der Waals surface area contributed by atoms with Gasteiger partial charge >= 0.3 is 99.1 Å². The van der Waals surface area contributed by atoms with E-state index in [4.69, 9.17) is 0 Å². The van der Waals surface area contributed by atoms with Gasteiger partial charge in [-0.1, -0.05) is 0 Å². The van der Waals surface area contributed by atoms with Crippen LogP contribution < -0.4 is 0 Å². The molecule has 0 aromatic carbocycles. The first-order chi connectivity index (χ1) is 6.88. The number of rotatable bonds is 2. The van der Waals surface area contributed by atoms with Gasteiger partial charge < -0.3 is 0 Å². The van der Waals surface area contributed by atoms with Crippen LogP contribution in [0.15, 0.2) is 0 Å². The second-order valence-electron chi connectivity index (χ2n) is 5.25. The molecule has 0 aromatic heterocycles. The molecule has 2 heteroatoms. The fourth-order valence-electron chi connectivity index (χ4n) is 3.27. The van der Waals surface area contributed by atoms with Gasteiger partial charge in [0.2, 0.25) is 0 Å². The molecule has 0 radical (unpaired) electrons. The molecule has 2 fully saturated rings. The number of hydrogen-bond donors (Lipinski definition) is 0. The molecule has 2 rings (SSSR count). The van der Waals surface area contributed by atoms with Crippen molar-refractivity contribution in [3.63, 3.8) is 0 Å². The van der Waals surface area contributed by atoms with E-state index in [1.807, 2.05) is 0 Å². The summed E-state index contributed by atoms with van der Waals surface area (Å²) in [4.78, 5) is 0. The van der Waals surface area contributed by atoms with Crippen LogP contribution in [0.5, 0.6) is 0 Å². The fraction of sp³-hybridized carbons (Fsp3) is 1.00. The van der Waals surface area contributed by atoms with Gasteiger partial charge in [-0.25, -0.2) is 0 Å². The van der Waals surface area contributed by atoms with Gasteiger partial charge in [-0.2, -0.15) is 0 Å². The molecule has 2 saturated carbocycles. The summed E-state index contributed by atoms with van der Waals surface area (Å²) in [7, 11) is 0. The van der Waals surface area contributed by atoms with E-state index < -0.39 is 0 Å². The molecule has 2 aliphatic carbocycles. The van der Waals surface area contributed by atoms with Gasteiger partial charge in [0, 0.05) is 0 Å². The summed E-state index contributed by atoms with van der Waals surface area (Å²) in [5, 5.41) is 0. The normalized spacial score (nSPS) is 27.1. The van der Waals surface area contributed by atoms with E-state index in [0.29, 0.717) is 6.35 Å². The average Bonchev–Trinajstić information content (AvgIpc) is 2.30. The summed E-state index contributed by atoms with van der Waals surface area (Å²) in [5.41, 5.74) is 2.31. The molecule has 2 aliphatic rings. The monoisotopic (exact) mass is 204 g/mol. The summed E-state index contributed by atoms with van der Waals surface area (Å²) < 4.78 is 0. The van der Waals surface area contributed by atoms with Crippen LogP contribution >= 0.6 is 6.35 Å². The zero-order valence-corrected chi connectivity index (χ0v) is 10.6. The molecular formula is C12H22LiP. The Morgan fingerprint density at radius 1 is 0.643 bits per heavy atom. The Morgan fingerprint density at radius 2 is 1.00 bits per heavy atom. The van der Waals surface area contributed by atoms with Gasteiger partial charge in [-0.05, 0) is 0 Å². The fourth-order valence-corrected chi connectivity index (χ4v) is 6.23. The Labute approximate surface area is 99.1 Å². The van der Waals surface area contributed by atoms with Crippen molar-refractivity contribution >= 4 is 23.6 Å². The molecule has 0 bridgehead atoms. The molecule has 0 spiro atoms. The Kier molecular flexibility index (Phi) is 4.88. The first kappa shape index (κ1) is 11.5. The van der Waals surface area contributed by atoms with E-state index in [9.17, 15) is 0 Å². The maximum absolute atomic E-state index is 2.61. The molecular weight excluding hydrogens is 182 g/mol. The van der Waals surface area contributed by atoms with Gasteiger partial charge in [0.25, 0.3) is 0 Å². The van der Waals surface area contributed by atoms with E-state index in [0.717, 1.165) is 11.3 Å². The molecule has 14 heavy (non-hydrogen) atoms. The van der Waals surface area contributed by atoms with Crippen LogP contribution in [-0.2, 0) is 0 Å². The molecule has 0 atom stereocenters.